The number of likely N-dealkylation sites (tertiary alicyclic amines) is 1. The minimum atomic E-state index is -0.144. The fraction of sp³-hybridized carbons (Fsp3) is 0.300. The van der Waals surface area contributed by atoms with Gasteiger partial charge >= 0.3 is 0 Å². The number of carbonyl (C=O) groups is 2. The molecular weight excluding hydrogens is 336 g/mol. The molecule has 0 saturated carbocycles. The van der Waals surface area contributed by atoms with Crippen molar-refractivity contribution in [2.45, 2.75) is 32.4 Å². The Morgan fingerprint density at radius 1 is 1.24 bits per heavy atom. The van der Waals surface area contributed by atoms with E-state index in [1.54, 1.807) is 6.07 Å². The number of halogens is 1. The Balaban J connectivity index is 1.67. The van der Waals surface area contributed by atoms with Crippen molar-refractivity contribution in [2.75, 3.05) is 6.54 Å². The van der Waals surface area contributed by atoms with Crippen molar-refractivity contribution in [1.82, 2.24) is 10.2 Å². The highest BCUT2D eigenvalue weighted by Gasteiger charge is 2.20. The van der Waals surface area contributed by atoms with Gasteiger partial charge in [0.25, 0.3) is 5.91 Å². The van der Waals surface area contributed by atoms with Crippen LogP contribution in [0.4, 0.5) is 0 Å². The molecule has 4 nitrogen and oxygen atoms in total. The molecule has 0 spiro atoms. The Labute approximate surface area is 152 Å². The number of rotatable bonds is 5. The molecule has 0 aliphatic carbocycles. The number of benzene rings is 2. The van der Waals surface area contributed by atoms with Crippen LogP contribution in [0.1, 0.15) is 47.3 Å². The average Bonchev–Trinajstić information content (AvgIpc) is 3.00. The number of amides is 2. The molecule has 2 aromatic rings. The SMILES string of the molecule is CC(NC(=O)c1cccc(CN2CCCC2=O)c1)c1cccc(Cl)c1. The van der Waals surface area contributed by atoms with Gasteiger partial charge in [0.1, 0.15) is 0 Å². The van der Waals surface area contributed by atoms with Gasteiger partial charge in [-0.2, -0.15) is 0 Å². The summed E-state index contributed by atoms with van der Waals surface area (Å²) in [7, 11) is 0. The average molecular weight is 357 g/mol. The van der Waals surface area contributed by atoms with Crippen LogP contribution in [0.3, 0.4) is 0 Å². The van der Waals surface area contributed by atoms with Gasteiger partial charge in [-0.25, -0.2) is 0 Å². The van der Waals surface area contributed by atoms with Crippen molar-refractivity contribution in [2.24, 2.45) is 0 Å². The van der Waals surface area contributed by atoms with Gasteiger partial charge in [0, 0.05) is 30.1 Å². The summed E-state index contributed by atoms with van der Waals surface area (Å²) < 4.78 is 0. The highest BCUT2D eigenvalue weighted by atomic mass is 35.5. The van der Waals surface area contributed by atoms with E-state index >= 15 is 0 Å². The first kappa shape index (κ1) is 17.5. The Hall–Kier alpha value is -2.33. The number of nitrogens with zero attached hydrogens (tertiary/aromatic N) is 1. The van der Waals surface area contributed by atoms with Gasteiger partial charge in [-0.1, -0.05) is 35.9 Å². The molecule has 25 heavy (non-hydrogen) atoms. The summed E-state index contributed by atoms with van der Waals surface area (Å²) in [5.41, 5.74) is 2.52. The fourth-order valence-corrected chi connectivity index (χ4v) is 3.24. The van der Waals surface area contributed by atoms with E-state index in [4.69, 9.17) is 11.6 Å². The van der Waals surface area contributed by atoms with Crippen LogP contribution in [-0.2, 0) is 11.3 Å². The highest BCUT2D eigenvalue weighted by Crippen LogP contribution is 2.19. The second-order valence-electron chi connectivity index (χ2n) is 6.37. The third-order valence-electron chi connectivity index (χ3n) is 4.43. The summed E-state index contributed by atoms with van der Waals surface area (Å²) >= 11 is 6.01. The van der Waals surface area contributed by atoms with Gasteiger partial charge in [0.2, 0.25) is 5.91 Å². The quantitative estimate of drug-likeness (QED) is 0.881. The molecule has 0 aromatic heterocycles. The first-order valence-electron chi connectivity index (χ1n) is 8.46. The molecule has 0 bridgehead atoms. The molecule has 1 aliphatic heterocycles. The van der Waals surface area contributed by atoms with Crippen molar-refractivity contribution in [1.29, 1.82) is 0 Å². The Bertz CT molecular complexity index is 791. The summed E-state index contributed by atoms with van der Waals surface area (Å²) in [6.07, 6.45) is 1.54. The zero-order valence-electron chi connectivity index (χ0n) is 14.2. The van der Waals surface area contributed by atoms with Crippen LogP contribution in [0.15, 0.2) is 48.5 Å². The van der Waals surface area contributed by atoms with Crippen LogP contribution in [0.25, 0.3) is 0 Å². The second-order valence-corrected chi connectivity index (χ2v) is 6.81. The largest absolute Gasteiger partial charge is 0.346 e. The van der Waals surface area contributed by atoms with Crippen LogP contribution >= 0.6 is 11.6 Å². The zero-order valence-corrected chi connectivity index (χ0v) is 14.9. The van der Waals surface area contributed by atoms with Gasteiger partial charge < -0.3 is 10.2 Å². The first-order chi connectivity index (χ1) is 12.0. The molecule has 2 aromatic carbocycles. The summed E-state index contributed by atoms with van der Waals surface area (Å²) in [4.78, 5) is 26.1. The molecule has 1 fully saturated rings. The van der Waals surface area contributed by atoms with Crippen molar-refractivity contribution >= 4 is 23.4 Å². The monoisotopic (exact) mass is 356 g/mol. The molecule has 3 rings (SSSR count). The normalized spacial score (nSPS) is 15.3. The molecule has 5 heteroatoms. The molecule has 1 heterocycles. The predicted molar refractivity (Wildman–Crippen MR) is 98.4 cm³/mol. The number of hydrogen-bond acceptors (Lipinski definition) is 2. The number of nitrogens with one attached hydrogen (secondary N) is 1. The van der Waals surface area contributed by atoms with Crippen LogP contribution in [-0.4, -0.2) is 23.3 Å². The van der Waals surface area contributed by atoms with Crippen LogP contribution in [0.5, 0.6) is 0 Å². The third kappa shape index (κ3) is 4.40. The van der Waals surface area contributed by atoms with Gasteiger partial charge in [-0.15, -0.1) is 0 Å². The molecule has 1 atom stereocenters. The lowest BCUT2D eigenvalue weighted by Crippen LogP contribution is -2.27. The molecule has 1 saturated heterocycles. The molecule has 130 valence electrons. The van der Waals surface area contributed by atoms with E-state index in [0.29, 0.717) is 23.6 Å². The van der Waals surface area contributed by atoms with E-state index in [1.165, 1.54) is 0 Å². The standard InChI is InChI=1S/C20H21ClN2O2/c1-14(16-6-3-8-18(21)12-16)22-20(25)17-7-2-5-15(11-17)13-23-10-4-9-19(23)24/h2-3,5-8,11-12,14H,4,9-10,13H2,1H3,(H,22,25). The van der Waals surface area contributed by atoms with Gasteiger partial charge in [0.05, 0.1) is 6.04 Å². The second kappa shape index (κ2) is 7.70. The summed E-state index contributed by atoms with van der Waals surface area (Å²) in [6.45, 7) is 3.28. The fourth-order valence-electron chi connectivity index (χ4n) is 3.04. The van der Waals surface area contributed by atoms with Crippen LogP contribution in [0.2, 0.25) is 5.02 Å². The van der Waals surface area contributed by atoms with E-state index in [1.807, 2.05) is 54.3 Å². The third-order valence-corrected chi connectivity index (χ3v) is 4.67. The Kier molecular flexibility index (Phi) is 5.39. The summed E-state index contributed by atoms with van der Waals surface area (Å²) in [6, 6.07) is 14.8. The van der Waals surface area contributed by atoms with Crippen molar-refractivity contribution in [3.8, 4) is 0 Å². The van der Waals surface area contributed by atoms with E-state index in [0.717, 1.165) is 24.1 Å². The van der Waals surface area contributed by atoms with Crippen molar-refractivity contribution < 1.29 is 9.59 Å². The first-order valence-corrected chi connectivity index (χ1v) is 8.84. The molecular formula is C20H21ClN2O2. The number of hydrogen-bond donors (Lipinski definition) is 1. The predicted octanol–water partition coefficient (Wildman–Crippen LogP) is 3.95. The van der Waals surface area contributed by atoms with E-state index in [2.05, 4.69) is 5.32 Å². The summed E-state index contributed by atoms with van der Waals surface area (Å²) in [5.74, 6) is 0.0477. The van der Waals surface area contributed by atoms with Crippen LogP contribution in [0, 0.1) is 0 Å². The Morgan fingerprint density at radius 2 is 2.04 bits per heavy atom. The smallest absolute Gasteiger partial charge is 0.251 e. The lowest BCUT2D eigenvalue weighted by Gasteiger charge is -2.17. The topological polar surface area (TPSA) is 49.4 Å². The lowest BCUT2D eigenvalue weighted by atomic mass is 10.1. The minimum Gasteiger partial charge on any atom is -0.346 e. The van der Waals surface area contributed by atoms with E-state index in [-0.39, 0.29) is 17.9 Å². The van der Waals surface area contributed by atoms with E-state index in [9.17, 15) is 9.59 Å². The van der Waals surface area contributed by atoms with Crippen LogP contribution < -0.4 is 5.32 Å². The highest BCUT2D eigenvalue weighted by molar-refractivity contribution is 6.30. The maximum Gasteiger partial charge on any atom is 0.251 e. The maximum absolute atomic E-state index is 12.5. The molecule has 1 unspecified atom stereocenters. The van der Waals surface area contributed by atoms with Gasteiger partial charge in [0.15, 0.2) is 0 Å². The minimum absolute atomic E-state index is 0.137. The summed E-state index contributed by atoms with van der Waals surface area (Å²) in [5, 5.41) is 3.64. The maximum atomic E-state index is 12.5. The molecule has 2 amide bonds. The van der Waals surface area contributed by atoms with Crippen molar-refractivity contribution in [3.05, 3.63) is 70.2 Å². The molecule has 0 radical (unpaired) electrons. The van der Waals surface area contributed by atoms with Crippen molar-refractivity contribution in [3.63, 3.8) is 0 Å². The van der Waals surface area contributed by atoms with Gasteiger partial charge in [-0.05, 0) is 48.7 Å². The zero-order chi connectivity index (χ0) is 17.8. The number of carbonyl (C=O) groups excluding carboxylic acids is 2. The Morgan fingerprint density at radius 3 is 2.76 bits per heavy atom. The molecule has 1 aliphatic rings. The van der Waals surface area contributed by atoms with E-state index < -0.39 is 0 Å². The van der Waals surface area contributed by atoms with Gasteiger partial charge in [-0.3, -0.25) is 9.59 Å². The lowest BCUT2D eigenvalue weighted by molar-refractivity contribution is -0.128. The molecule has 1 N–H and O–H groups in total.